The van der Waals surface area contributed by atoms with Crippen molar-refractivity contribution in [1.82, 2.24) is 9.97 Å². The molecule has 0 saturated heterocycles. The lowest BCUT2D eigenvalue weighted by molar-refractivity contribution is 0.669. The second-order valence-corrected chi connectivity index (χ2v) is 16.2. The van der Waals surface area contributed by atoms with Crippen molar-refractivity contribution in [3.8, 4) is 67.3 Å². The van der Waals surface area contributed by atoms with Crippen LogP contribution in [0.15, 0.2) is 217 Å². The number of furan rings is 1. The maximum atomic E-state index is 6.17. The smallest absolute Gasteiger partial charge is 0.160 e. The lowest BCUT2D eigenvalue weighted by atomic mass is 9.74. The van der Waals surface area contributed by atoms with Crippen molar-refractivity contribution in [2.45, 2.75) is 12.3 Å². The first kappa shape index (κ1) is 35.1. The van der Waals surface area contributed by atoms with E-state index in [4.69, 9.17) is 14.4 Å². The van der Waals surface area contributed by atoms with Crippen LogP contribution in [-0.2, 0) is 5.41 Å². The summed E-state index contributed by atoms with van der Waals surface area (Å²) in [6.45, 7) is 2.38. The van der Waals surface area contributed by atoms with Crippen LogP contribution in [0, 0.1) is 0 Å². The van der Waals surface area contributed by atoms with E-state index in [1.807, 2.05) is 30.3 Å². The number of aromatic nitrogens is 2. The largest absolute Gasteiger partial charge is 0.456 e. The molecule has 9 aromatic carbocycles. The molecule has 2 heterocycles. The zero-order valence-electron chi connectivity index (χ0n) is 33.5. The van der Waals surface area contributed by atoms with E-state index in [1.54, 1.807) is 0 Å². The molecule has 0 spiro atoms. The molecule has 0 N–H and O–H groups in total. The highest BCUT2D eigenvalue weighted by Gasteiger charge is 2.40. The maximum Gasteiger partial charge on any atom is 0.160 e. The Morgan fingerprint density at radius 3 is 1.74 bits per heavy atom. The molecule has 11 aromatic rings. The van der Waals surface area contributed by atoms with Gasteiger partial charge in [0.1, 0.15) is 11.2 Å². The van der Waals surface area contributed by atoms with E-state index in [0.29, 0.717) is 5.82 Å². The average molecular weight is 779 g/mol. The molecule has 1 unspecified atom stereocenters. The minimum absolute atomic E-state index is 0.238. The van der Waals surface area contributed by atoms with Crippen LogP contribution in [0.1, 0.15) is 23.6 Å². The van der Waals surface area contributed by atoms with Crippen molar-refractivity contribution in [3.05, 3.63) is 229 Å². The minimum Gasteiger partial charge on any atom is -0.456 e. The molecule has 61 heavy (non-hydrogen) atoms. The monoisotopic (exact) mass is 778 g/mol. The second-order valence-electron chi connectivity index (χ2n) is 16.2. The van der Waals surface area contributed by atoms with Gasteiger partial charge in [-0.15, -0.1) is 0 Å². The maximum absolute atomic E-state index is 6.17. The Bertz CT molecular complexity index is 3480. The van der Waals surface area contributed by atoms with Crippen LogP contribution in [0.5, 0.6) is 0 Å². The predicted octanol–water partition coefficient (Wildman–Crippen LogP) is 15.2. The van der Waals surface area contributed by atoms with Gasteiger partial charge in [0.25, 0.3) is 0 Å². The molecule has 0 amide bonds. The van der Waals surface area contributed by atoms with Crippen LogP contribution in [0.3, 0.4) is 0 Å². The van der Waals surface area contributed by atoms with Gasteiger partial charge >= 0.3 is 0 Å². The van der Waals surface area contributed by atoms with Crippen molar-refractivity contribution in [1.29, 1.82) is 0 Å². The number of benzene rings is 9. The molecule has 0 radical (unpaired) electrons. The Kier molecular flexibility index (Phi) is 7.98. The number of rotatable bonds is 6. The van der Waals surface area contributed by atoms with Gasteiger partial charge < -0.3 is 4.42 Å². The Balaban J connectivity index is 0.939. The van der Waals surface area contributed by atoms with Gasteiger partial charge in [0.2, 0.25) is 0 Å². The lowest BCUT2D eigenvalue weighted by Gasteiger charge is -2.28. The molecule has 3 heteroatoms. The molecule has 1 aliphatic carbocycles. The summed E-state index contributed by atoms with van der Waals surface area (Å²) >= 11 is 0. The number of fused-ring (bicyclic) bond motifs is 7. The van der Waals surface area contributed by atoms with Crippen molar-refractivity contribution in [2.24, 2.45) is 0 Å². The van der Waals surface area contributed by atoms with Gasteiger partial charge in [-0.3, -0.25) is 0 Å². The van der Waals surface area contributed by atoms with E-state index in [9.17, 15) is 0 Å². The summed E-state index contributed by atoms with van der Waals surface area (Å²) in [4.78, 5) is 10.4. The highest BCUT2D eigenvalue weighted by molar-refractivity contribution is 6.07. The highest BCUT2D eigenvalue weighted by atomic mass is 16.3. The van der Waals surface area contributed by atoms with Gasteiger partial charge in [-0.1, -0.05) is 176 Å². The van der Waals surface area contributed by atoms with Gasteiger partial charge in [-0.2, -0.15) is 0 Å². The van der Waals surface area contributed by atoms with E-state index in [0.717, 1.165) is 55.4 Å². The molecule has 286 valence electrons. The first-order valence-electron chi connectivity index (χ1n) is 20.9. The zero-order valence-corrected chi connectivity index (χ0v) is 33.5. The highest BCUT2D eigenvalue weighted by Crippen LogP contribution is 2.53. The average Bonchev–Trinajstić information content (AvgIpc) is 3.84. The van der Waals surface area contributed by atoms with Crippen molar-refractivity contribution in [2.75, 3.05) is 0 Å². The first-order valence-corrected chi connectivity index (χ1v) is 20.9. The summed E-state index contributed by atoms with van der Waals surface area (Å²) in [5.41, 5.74) is 17.7. The Morgan fingerprint density at radius 2 is 0.918 bits per heavy atom. The van der Waals surface area contributed by atoms with Gasteiger partial charge in [0, 0.05) is 32.9 Å². The summed E-state index contributed by atoms with van der Waals surface area (Å²) in [5, 5.41) is 4.48. The van der Waals surface area contributed by atoms with E-state index in [-0.39, 0.29) is 5.41 Å². The fourth-order valence-electron chi connectivity index (χ4n) is 9.71. The fourth-order valence-corrected chi connectivity index (χ4v) is 9.71. The lowest BCUT2D eigenvalue weighted by Crippen LogP contribution is -2.22. The molecule has 1 atom stereocenters. The van der Waals surface area contributed by atoms with E-state index in [2.05, 4.69) is 189 Å². The van der Waals surface area contributed by atoms with Crippen LogP contribution < -0.4 is 0 Å². The Labute approximate surface area is 354 Å². The Morgan fingerprint density at radius 1 is 0.344 bits per heavy atom. The standard InChI is InChI=1S/C58H38N2O/c1-58(42-16-6-3-7-17-42)51-22-12-10-20-46(51)47-30-28-40(35-52(47)58)37-24-26-38(27-25-37)43-31-32-48(45-19-9-8-18-44(43)45)54-36-53(59-57(60-54)39-14-4-2-5-15-39)41-29-33-56-50(34-41)49-21-11-13-23-55(49)61-56/h2-36H,1H3. The number of hydrogen-bond donors (Lipinski definition) is 0. The van der Waals surface area contributed by atoms with Gasteiger partial charge in [-0.05, 0) is 104 Å². The quantitative estimate of drug-likeness (QED) is 0.169. The molecule has 2 aromatic heterocycles. The van der Waals surface area contributed by atoms with Crippen LogP contribution in [0.25, 0.3) is 100.0 Å². The summed E-state index contributed by atoms with van der Waals surface area (Å²) in [6.07, 6.45) is 0. The molecular formula is C58H38N2O. The van der Waals surface area contributed by atoms with Gasteiger partial charge in [0.15, 0.2) is 5.82 Å². The van der Waals surface area contributed by atoms with Crippen LogP contribution in [-0.4, -0.2) is 9.97 Å². The van der Waals surface area contributed by atoms with Crippen molar-refractivity contribution in [3.63, 3.8) is 0 Å². The second kappa shape index (κ2) is 13.9. The Hall–Kier alpha value is -7.88. The summed E-state index contributed by atoms with van der Waals surface area (Å²) in [5.74, 6) is 0.688. The molecule has 0 fully saturated rings. The van der Waals surface area contributed by atoms with Crippen LogP contribution >= 0.6 is 0 Å². The summed E-state index contributed by atoms with van der Waals surface area (Å²) in [7, 11) is 0. The molecule has 0 bridgehead atoms. The van der Waals surface area contributed by atoms with E-state index < -0.39 is 0 Å². The number of para-hydroxylation sites is 1. The normalized spacial score (nSPS) is 14.4. The molecule has 3 nitrogen and oxygen atoms in total. The SMILES string of the molecule is CC1(c2ccccc2)c2ccccc2-c2ccc(-c3ccc(-c4ccc(-c5cc(-c6ccc7oc8ccccc8c7c6)nc(-c6ccccc6)n5)c5ccccc45)cc3)cc21. The van der Waals surface area contributed by atoms with Crippen molar-refractivity contribution < 1.29 is 4.42 Å². The van der Waals surface area contributed by atoms with Crippen LogP contribution in [0.2, 0.25) is 0 Å². The summed E-state index contributed by atoms with van der Waals surface area (Å²) in [6, 6.07) is 75.9. The van der Waals surface area contributed by atoms with E-state index in [1.165, 1.54) is 55.5 Å². The van der Waals surface area contributed by atoms with Gasteiger partial charge in [-0.25, -0.2) is 9.97 Å². The molecular weight excluding hydrogens is 741 g/mol. The molecule has 12 rings (SSSR count). The van der Waals surface area contributed by atoms with Gasteiger partial charge in [0.05, 0.1) is 11.4 Å². The predicted molar refractivity (Wildman–Crippen MR) is 251 cm³/mol. The molecule has 1 aliphatic rings. The van der Waals surface area contributed by atoms with Crippen molar-refractivity contribution >= 4 is 32.7 Å². The van der Waals surface area contributed by atoms with E-state index >= 15 is 0 Å². The first-order chi connectivity index (χ1) is 30.1. The third kappa shape index (κ3) is 5.66. The minimum atomic E-state index is -0.238. The molecule has 0 saturated carbocycles. The topological polar surface area (TPSA) is 38.9 Å². The molecule has 0 aliphatic heterocycles. The van der Waals surface area contributed by atoms with Crippen LogP contribution in [0.4, 0.5) is 0 Å². The number of nitrogens with zero attached hydrogens (tertiary/aromatic N) is 2. The fraction of sp³-hybridized carbons (Fsp3) is 0.0345. The summed E-state index contributed by atoms with van der Waals surface area (Å²) < 4.78 is 6.17. The third-order valence-corrected chi connectivity index (χ3v) is 12.8. The zero-order chi connectivity index (χ0) is 40.5. The third-order valence-electron chi connectivity index (χ3n) is 12.8. The number of hydrogen-bond acceptors (Lipinski definition) is 3.